The number of likely N-dealkylation sites (N-methyl/N-ethyl adjacent to an activating group) is 1. The van der Waals surface area contributed by atoms with E-state index in [0.29, 0.717) is 6.54 Å². The van der Waals surface area contributed by atoms with Crippen LogP contribution in [0.2, 0.25) is 0 Å². The molecule has 1 rings (SSSR count). The average Bonchev–Trinajstić information content (AvgIpc) is 2.69. The molecule has 15 heavy (non-hydrogen) atoms. The maximum atomic E-state index is 11.6. The number of H-pyrrole nitrogens is 1. The normalized spacial score (nSPS) is 12.5. The molecule has 84 valence electrons. The SMILES string of the molecule is COCC(N)C(=O)N(C)Cc1cn[nH]c1. The van der Waals surface area contributed by atoms with E-state index in [1.165, 1.54) is 7.11 Å². The second-order valence-corrected chi connectivity index (χ2v) is 3.36. The van der Waals surface area contributed by atoms with Crippen LogP contribution in [0.1, 0.15) is 5.56 Å². The zero-order valence-electron chi connectivity index (χ0n) is 8.93. The summed E-state index contributed by atoms with van der Waals surface area (Å²) in [5.74, 6) is -0.141. The van der Waals surface area contributed by atoms with Crippen LogP contribution in [0, 0.1) is 0 Å². The Bertz CT molecular complexity index is 299. The fraction of sp³-hybridized carbons (Fsp3) is 0.556. The second-order valence-electron chi connectivity index (χ2n) is 3.36. The summed E-state index contributed by atoms with van der Waals surface area (Å²) in [4.78, 5) is 13.2. The first-order chi connectivity index (χ1) is 7.15. The van der Waals surface area contributed by atoms with Crippen LogP contribution in [0.5, 0.6) is 0 Å². The van der Waals surface area contributed by atoms with Gasteiger partial charge in [-0.25, -0.2) is 0 Å². The Morgan fingerprint density at radius 1 is 1.80 bits per heavy atom. The van der Waals surface area contributed by atoms with Crippen molar-refractivity contribution in [2.24, 2.45) is 5.73 Å². The molecule has 1 aromatic rings. The van der Waals surface area contributed by atoms with Gasteiger partial charge in [-0.1, -0.05) is 0 Å². The summed E-state index contributed by atoms with van der Waals surface area (Å²) in [6.07, 6.45) is 3.41. The van der Waals surface area contributed by atoms with E-state index in [9.17, 15) is 4.79 Å². The van der Waals surface area contributed by atoms with Crippen molar-refractivity contribution in [3.8, 4) is 0 Å². The maximum Gasteiger partial charge on any atom is 0.241 e. The van der Waals surface area contributed by atoms with E-state index in [2.05, 4.69) is 10.2 Å². The van der Waals surface area contributed by atoms with Crippen LogP contribution < -0.4 is 5.73 Å². The van der Waals surface area contributed by atoms with Crippen LogP contribution in [0.25, 0.3) is 0 Å². The van der Waals surface area contributed by atoms with E-state index in [1.807, 2.05) is 0 Å². The lowest BCUT2D eigenvalue weighted by Crippen LogP contribution is -2.44. The first kappa shape index (κ1) is 11.7. The van der Waals surface area contributed by atoms with Gasteiger partial charge in [-0.05, 0) is 0 Å². The molecule has 0 spiro atoms. The molecule has 6 heteroatoms. The van der Waals surface area contributed by atoms with Crippen LogP contribution >= 0.6 is 0 Å². The highest BCUT2D eigenvalue weighted by Crippen LogP contribution is 2.01. The third kappa shape index (κ3) is 3.34. The van der Waals surface area contributed by atoms with Gasteiger partial charge in [-0.15, -0.1) is 0 Å². The van der Waals surface area contributed by atoms with E-state index in [0.717, 1.165) is 5.56 Å². The Kier molecular flexibility index (Phi) is 4.26. The summed E-state index contributed by atoms with van der Waals surface area (Å²) in [5.41, 5.74) is 6.56. The summed E-state index contributed by atoms with van der Waals surface area (Å²) in [6.45, 7) is 0.724. The topological polar surface area (TPSA) is 84.2 Å². The molecule has 0 bridgehead atoms. The van der Waals surface area contributed by atoms with Crippen molar-refractivity contribution in [3.05, 3.63) is 18.0 Å². The molecule has 1 aromatic heterocycles. The minimum absolute atomic E-state index is 0.141. The van der Waals surface area contributed by atoms with E-state index in [4.69, 9.17) is 10.5 Å². The molecule has 0 aliphatic heterocycles. The lowest BCUT2D eigenvalue weighted by Gasteiger charge is -2.20. The molecule has 0 aromatic carbocycles. The largest absolute Gasteiger partial charge is 0.383 e. The van der Waals surface area contributed by atoms with Crippen LogP contribution in [0.3, 0.4) is 0 Å². The van der Waals surface area contributed by atoms with Gasteiger partial charge < -0.3 is 15.4 Å². The molecule has 0 aliphatic rings. The monoisotopic (exact) mass is 212 g/mol. The smallest absolute Gasteiger partial charge is 0.241 e. The number of hydrogen-bond acceptors (Lipinski definition) is 4. The van der Waals surface area contributed by atoms with Crippen LogP contribution in [-0.4, -0.2) is 47.8 Å². The van der Waals surface area contributed by atoms with Crippen molar-refractivity contribution in [2.45, 2.75) is 12.6 Å². The molecule has 6 nitrogen and oxygen atoms in total. The molecule has 0 fully saturated rings. The van der Waals surface area contributed by atoms with Crippen LogP contribution in [0.4, 0.5) is 0 Å². The van der Waals surface area contributed by atoms with Crippen molar-refractivity contribution in [2.75, 3.05) is 20.8 Å². The highest BCUT2D eigenvalue weighted by atomic mass is 16.5. The van der Waals surface area contributed by atoms with Crippen molar-refractivity contribution >= 4 is 5.91 Å². The van der Waals surface area contributed by atoms with Crippen LogP contribution in [-0.2, 0) is 16.1 Å². The molecule has 1 atom stereocenters. The maximum absolute atomic E-state index is 11.6. The number of carbonyl (C=O) groups excluding carboxylic acids is 1. The minimum atomic E-state index is -0.605. The number of aromatic amines is 1. The van der Waals surface area contributed by atoms with Crippen molar-refractivity contribution < 1.29 is 9.53 Å². The molecule has 0 saturated carbocycles. The highest BCUT2D eigenvalue weighted by molar-refractivity contribution is 5.81. The number of ether oxygens (including phenoxy) is 1. The summed E-state index contributed by atoms with van der Waals surface area (Å²) >= 11 is 0. The Hall–Kier alpha value is -1.40. The highest BCUT2D eigenvalue weighted by Gasteiger charge is 2.17. The average molecular weight is 212 g/mol. The number of methoxy groups -OCH3 is 1. The van der Waals surface area contributed by atoms with Gasteiger partial charge in [0.25, 0.3) is 0 Å². The number of nitrogens with two attached hydrogens (primary N) is 1. The first-order valence-corrected chi connectivity index (χ1v) is 4.62. The number of rotatable bonds is 5. The number of amides is 1. The molecule has 1 unspecified atom stereocenters. The molecule has 0 radical (unpaired) electrons. The van der Waals surface area contributed by atoms with Crippen LogP contribution in [0.15, 0.2) is 12.4 Å². The van der Waals surface area contributed by atoms with Gasteiger partial charge in [-0.2, -0.15) is 5.10 Å². The van der Waals surface area contributed by atoms with Gasteiger partial charge in [0.1, 0.15) is 6.04 Å². The van der Waals surface area contributed by atoms with E-state index < -0.39 is 6.04 Å². The molecule has 1 amide bonds. The summed E-state index contributed by atoms with van der Waals surface area (Å²) in [7, 11) is 3.22. The molecular weight excluding hydrogens is 196 g/mol. The molecule has 1 heterocycles. The molecular formula is C9H16N4O2. The summed E-state index contributed by atoms with van der Waals surface area (Å²) in [6, 6.07) is -0.605. The number of aromatic nitrogens is 2. The van der Waals surface area contributed by atoms with Gasteiger partial charge in [0, 0.05) is 32.5 Å². The van der Waals surface area contributed by atoms with Crippen molar-refractivity contribution in [1.29, 1.82) is 0 Å². The number of nitrogens with zero attached hydrogens (tertiary/aromatic N) is 2. The zero-order valence-corrected chi connectivity index (χ0v) is 8.93. The van der Waals surface area contributed by atoms with E-state index >= 15 is 0 Å². The van der Waals surface area contributed by atoms with Gasteiger partial charge in [0.2, 0.25) is 5.91 Å². The zero-order chi connectivity index (χ0) is 11.3. The van der Waals surface area contributed by atoms with E-state index in [1.54, 1.807) is 24.3 Å². The Morgan fingerprint density at radius 3 is 3.07 bits per heavy atom. The number of hydrogen-bond donors (Lipinski definition) is 2. The van der Waals surface area contributed by atoms with E-state index in [-0.39, 0.29) is 12.5 Å². The molecule has 3 N–H and O–H groups in total. The lowest BCUT2D eigenvalue weighted by molar-refractivity contribution is -0.132. The third-order valence-electron chi connectivity index (χ3n) is 2.01. The second kappa shape index (κ2) is 5.47. The summed E-state index contributed by atoms with van der Waals surface area (Å²) < 4.78 is 4.82. The predicted octanol–water partition coefficient (Wildman–Crippen LogP) is -0.658. The first-order valence-electron chi connectivity index (χ1n) is 4.62. The Morgan fingerprint density at radius 2 is 2.53 bits per heavy atom. The molecule has 0 saturated heterocycles. The quantitative estimate of drug-likeness (QED) is 0.678. The molecule has 0 aliphatic carbocycles. The summed E-state index contributed by atoms with van der Waals surface area (Å²) in [5, 5.41) is 6.48. The third-order valence-corrected chi connectivity index (χ3v) is 2.01. The van der Waals surface area contributed by atoms with Crippen molar-refractivity contribution in [1.82, 2.24) is 15.1 Å². The van der Waals surface area contributed by atoms with Crippen molar-refractivity contribution in [3.63, 3.8) is 0 Å². The standard InChI is InChI=1S/C9H16N4O2/c1-13(5-7-3-11-12-4-7)9(14)8(10)6-15-2/h3-4,8H,5-6,10H2,1-2H3,(H,11,12). The van der Waals surface area contributed by atoms with Gasteiger partial charge >= 0.3 is 0 Å². The fourth-order valence-electron chi connectivity index (χ4n) is 1.25. The number of carbonyl (C=O) groups is 1. The fourth-order valence-corrected chi connectivity index (χ4v) is 1.25. The van der Waals surface area contributed by atoms with Gasteiger partial charge in [0.05, 0.1) is 12.8 Å². The lowest BCUT2D eigenvalue weighted by atomic mass is 10.2. The van der Waals surface area contributed by atoms with Gasteiger partial charge in [-0.3, -0.25) is 9.89 Å². The Balaban J connectivity index is 2.46. The minimum Gasteiger partial charge on any atom is -0.383 e. The van der Waals surface area contributed by atoms with Gasteiger partial charge in [0.15, 0.2) is 0 Å². The Labute approximate surface area is 88.4 Å². The predicted molar refractivity (Wildman–Crippen MR) is 54.9 cm³/mol. The number of nitrogens with one attached hydrogen (secondary N) is 1.